The lowest BCUT2D eigenvalue weighted by atomic mass is 9.93. The lowest BCUT2D eigenvalue weighted by Crippen LogP contribution is -2.36. The second kappa shape index (κ2) is 5.64. The first-order chi connectivity index (χ1) is 7.36. The topological polar surface area (TPSA) is 21.3 Å². The maximum atomic E-state index is 5.37. The molecule has 0 radical (unpaired) electrons. The Bertz CT molecular complexity index is 267. The van der Waals surface area contributed by atoms with Gasteiger partial charge in [0, 0.05) is 30.7 Å². The first-order valence-electron chi connectivity index (χ1n) is 5.70. The van der Waals surface area contributed by atoms with E-state index in [1.807, 2.05) is 11.3 Å². The van der Waals surface area contributed by atoms with E-state index in [0.717, 1.165) is 25.7 Å². The Balaban J connectivity index is 1.74. The minimum Gasteiger partial charge on any atom is -0.381 e. The van der Waals surface area contributed by atoms with Crippen molar-refractivity contribution in [3.63, 3.8) is 0 Å². The van der Waals surface area contributed by atoms with Crippen LogP contribution in [-0.4, -0.2) is 19.3 Å². The monoisotopic (exact) mass is 225 g/mol. The lowest BCUT2D eigenvalue weighted by molar-refractivity contribution is 0.0558. The second-order valence-corrected chi connectivity index (χ2v) is 5.23. The number of thiophene rings is 1. The van der Waals surface area contributed by atoms with Crippen molar-refractivity contribution in [1.82, 2.24) is 5.32 Å². The van der Waals surface area contributed by atoms with E-state index in [1.165, 1.54) is 17.7 Å². The summed E-state index contributed by atoms with van der Waals surface area (Å²) in [6, 6.07) is 4.91. The molecule has 1 N–H and O–H groups in total. The average Bonchev–Trinajstić information content (AvgIpc) is 2.80. The summed E-state index contributed by atoms with van der Waals surface area (Å²) in [7, 11) is 0. The predicted octanol–water partition coefficient (Wildman–Crippen LogP) is 2.65. The molecule has 1 aromatic heterocycles. The van der Waals surface area contributed by atoms with Crippen LogP contribution in [-0.2, 0) is 11.3 Å². The Hall–Kier alpha value is -0.380. The highest BCUT2D eigenvalue weighted by Crippen LogP contribution is 2.19. The Morgan fingerprint density at radius 2 is 2.33 bits per heavy atom. The predicted molar refractivity (Wildman–Crippen MR) is 64.2 cm³/mol. The summed E-state index contributed by atoms with van der Waals surface area (Å²) < 4.78 is 5.37. The van der Waals surface area contributed by atoms with Gasteiger partial charge in [0.15, 0.2) is 0 Å². The largest absolute Gasteiger partial charge is 0.381 e. The molecule has 2 nitrogen and oxygen atoms in total. The molecule has 1 aliphatic rings. The van der Waals surface area contributed by atoms with Crippen LogP contribution in [0.1, 0.15) is 24.6 Å². The second-order valence-electron chi connectivity index (χ2n) is 4.20. The van der Waals surface area contributed by atoms with Gasteiger partial charge in [0.1, 0.15) is 0 Å². The summed E-state index contributed by atoms with van der Waals surface area (Å²) in [5.41, 5.74) is 0. The van der Waals surface area contributed by atoms with Crippen LogP contribution < -0.4 is 5.32 Å². The van der Waals surface area contributed by atoms with Crippen LogP contribution in [0, 0.1) is 5.92 Å². The first-order valence-corrected chi connectivity index (χ1v) is 6.58. The summed E-state index contributed by atoms with van der Waals surface area (Å²) in [5.74, 6) is 0.790. The maximum absolute atomic E-state index is 5.37. The van der Waals surface area contributed by atoms with Gasteiger partial charge in [0.2, 0.25) is 0 Å². The Labute approximate surface area is 95.6 Å². The van der Waals surface area contributed by atoms with E-state index in [9.17, 15) is 0 Å². The molecule has 1 aliphatic heterocycles. The summed E-state index contributed by atoms with van der Waals surface area (Å²) in [5, 5.41) is 5.74. The molecule has 0 aliphatic carbocycles. The van der Waals surface area contributed by atoms with Gasteiger partial charge in [0.05, 0.1) is 0 Å². The highest BCUT2D eigenvalue weighted by atomic mass is 32.1. The van der Waals surface area contributed by atoms with Gasteiger partial charge in [-0.05, 0) is 37.1 Å². The molecule has 1 aromatic rings. The van der Waals surface area contributed by atoms with E-state index in [1.54, 1.807) is 0 Å². The fraction of sp³-hybridized carbons (Fsp3) is 0.667. The fourth-order valence-electron chi connectivity index (χ4n) is 2.06. The van der Waals surface area contributed by atoms with Gasteiger partial charge in [-0.3, -0.25) is 0 Å². The summed E-state index contributed by atoms with van der Waals surface area (Å²) in [6.45, 7) is 5.19. The van der Waals surface area contributed by atoms with Crippen molar-refractivity contribution in [2.45, 2.75) is 32.4 Å². The molecule has 0 saturated carbocycles. The highest BCUT2D eigenvalue weighted by molar-refractivity contribution is 7.09. The van der Waals surface area contributed by atoms with Crippen molar-refractivity contribution in [3.8, 4) is 0 Å². The quantitative estimate of drug-likeness (QED) is 0.850. The standard InChI is InChI=1S/C12H19NOS/c1-10(11-4-6-14-7-5-11)13-9-12-3-2-8-15-12/h2-3,8,10-11,13H,4-7,9H2,1H3. The van der Waals surface area contributed by atoms with Gasteiger partial charge < -0.3 is 10.1 Å². The van der Waals surface area contributed by atoms with E-state index >= 15 is 0 Å². The molecule has 3 heteroatoms. The van der Waals surface area contributed by atoms with Gasteiger partial charge in [-0.2, -0.15) is 0 Å². The first kappa shape index (κ1) is 11.1. The number of nitrogens with one attached hydrogen (secondary N) is 1. The molecule has 1 atom stereocenters. The summed E-state index contributed by atoms with van der Waals surface area (Å²) in [4.78, 5) is 1.42. The van der Waals surface area contributed by atoms with Crippen LogP contribution in [0.3, 0.4) is 0 Å². The van der Waals surface area contributed by atoms with Crippen molar-refractivity contribution in [3.05, 3.63) is 22.4 Å². The number of rotatable bonds is 4. The highest BCUT2D eigenvalue weighted by Gasteiger charge is 2.19. The molecular formula is C12H19NOS. The van der Waals surface area contributed by atoms with Crippen molar-refractivity contribution in [2.24, 2.45) is 5.92 Å². The van der Waals surface area contributed by atoms with Crippen LogP contribution in [0.25, 0.3) is 0 Å². The molecule has 2 rings (SSSR count). The zero-order valence-corrected chi connectivity index (χ0v) is 10.1. The van der Waals surface area contributed by atoms with Gasteiger partial charge in [0.25, 0.3) is 0 Å². The molecule has 1 fully saturated rings. The Morgan fingerprint density at radius 1 is 1.53 bits per heavy atom. The Kier molecular flexibility index (Phi) is 4.18. The van der Waals surface area contributed by atoms with Gasteiger partial charge >= 0.3 is 0 Å². The minimum absolute atomic E-state index is 0.607. The smallest absolute Gasteiger partial charge is 0.0469 e. The van der Waals surface area contributed by atoms with Crippen molar-refractivity contribution in [2.75, 3.05) is 13.2 Å². The van der Waals surface area contributed by atoms with Crippen LogP contribution >= 0.6 is 11.3 Å². The fourth-order valence-corrected chi connectivity index (χ4v) is 2.71. The maximum Gasteiger partial charge on any atom is 0.0469 e. The number of hydrogen-bond donors (Lipinski definition) is 1. The molecule has 15 heavy (non-hydrogen) atoms. The zero-order valence-electron chi connectivity index (χ0n) is 9.24. The number of ether oxygens (including phenoxy) is 1. The van der Waals surface area contributed by atoms with Gasteiger partial charge in [-0.1, -0.05) is 6.07 Å². The Morgan fingerprint density at radius 3 is 3.00 bits per heavy atom. The van der Waals surface area contributed by atoms with Crippen LogP contribution in [0.5, 0.6) is 0 Å². The SMILES string of the molecule is CC(NCc1cccs1)C1CCOCC1. The van der Waals surface area contributed by atoms with E-state index in [2.05, 4.69) is 29.8 Å². The van der Waals surface area contributed by atoms with Crippen molar-refractivity contribution >= 4 is 11.3 Å². The van der Waals surface area contributed by atoms with E-state index in [-0.39, 0.29) is 0 Å². The van der Waals surface area contributed by atoms with E-state index < -0.39 is 0 Å². The van der Waals surface area contributed by atoms with E-state index in [0.29, 0.717) is 6.04 Å². The van der Waals surface area contributed by atoms with E-state index in [4.69, 9.17) is 4.74 Å². The molecule has 0 amide bonds. The van der Waals surface area contributed by atoms with Crippen LogP contribution in [0.4, 0.5) is 0 Å². The molecule has 1 unspecified atom stereocenters. The van der Waals surface area contributed by atoms with Gasteiger partial charge in [-0.25, -0.2) is 0 Å². The molecular weight excluding hydrogens is 206 g/mol. The third kappa shape index (κ3) is 3.30. The normalized spacial score (nSPS) is 20.3. The third-order valence-corrected chi connectivity index (χ3v) is 4.03. The molecule has 84 valence electrons. The zero-order chi connectivity index (χ0) is 10.5. The molecule has 0 spiro atoms. The average molecular weight is 225 g/mol. The van der Waals surface area contributed by atoms with Crippen molar-refractivity contribution in [1.29, 1.82) is 0 Å². The summed E-state index contributed by atoms with van der Waals surface area (Å²) >= 11 is 1.82. The van der Waals surface area contributed by atoms with Crippen LogP contribution in [0.2, 0.25) is 0 Å². The summed E-state index contributed by atoms with van der Waals surface area (Å²) in [6.07, 6.45) is 2.41. The minimum atomic E-state index is 0.607. The molecule has 1 saturated heterocycles. The third-order valence-electron chi connectivity index (χ3n) is 3.15. The molecule has 2 heterocycles. The number of hydrogen-bond acceptors (Lipinski definition) is 3. The van der Waals surface area contributed by atoms with Gasteiger partial charge in [-0.15, -0.1) is 11.3 Å². The van der Waals surface area contributed by atoms with Crippen molar-refractivity contribution < 1.29 is 4.74 Å². The lowest BCUT2D eigenvalue weighted by Gasteiger charge is -2.28. The molecule has 0 bridgehead atoms. The van der Waals surface area contributed by atoms with Crippen LogP contribution in [0.15, 0.2) is 17.5 Å². The molecule has 0 aromatic carbocycles.